The molecular weight excluding hydrogens is 410 g/mol. The van der Waals surface area contributed by atoms with E-state index >= 15 is 0 Å². The molecule has 158 valence electrons. The number of aromatic nitrogens is 2. The van der Waals surface area contributed by atoms with Crippen LogP contribution in [0.2, 0.25) is 5.15 Å². The molecule has 1 aliphatic heterocycles. The van der Waals surface area contributed by atoms with Gasteiger partial charge in [0.1, 0.15) is 17.2 Å². The standard InChI is InChI=1S/C20H22ClN5O4/c1-12-10-16(21)25-20(23-12)22-11-14(24-17(27)13-6-3-2-4-7-13)18(28)26-9-5-8-15(26)19(29)30/h2-4,6-7,10,14-15H,5,8-9,11H2,1H3,(H,24,27)(H,29,30)(H,22,23,25)/t14?,15-/m0/s1. The monoisotopic (exact) mass is 431 g/mol. The fourth-order valence-electron chi connectivity index (χ4n) is 3.32. The molecule has 0 aliphatic carbocycles. The summed E-state index contributed by atoms with van der Waals surface area (Å²) in [4.78, 5) is 46.8. The predicted octanol–water partition coefficient (Wildman–Crippen LogP) is 1.72. The number of nitrogens with one attached hydrogen (secondary N) is 2. The normalized spacial score (nSPS) is 16.7. The maximum atomic E-state index is 13.1. The highest BCUT2D eigenvalue weighted by atomic mass is 35.5. The van der Waals surface area contributed by atoms with Gasteiger partial charge in [-0.3, -0.25) is 9.59 Å². The quantitative estimate of drug-likeness (QED) is 0.570. The van der Waals surface area contributed by atoms with Gasteiger partial charge in [0.15, 0.2) is 0 Å². The smallest absolute Gasteiger partial charge is 0.326 e. The Morgan fingerprint density at radius 1 is 1.27 bits per heavy atom. The number of likely N-dealkylation sites (tertiary alicyclic amines) is 1. The molecule has 0 bridgehead atoms. The molecule has 0 saturated carbocycles. The summed E-state index contributed by atoms with van der Waals surface area (Å²) in [6, 6.07) is 8.14. The molecule has 1 saturated heterocycles. The highest BCUT2D eigenvalue weighted by Crippen LogP contribution is 2.19. The molecule has 1 fully saturated rings. The number of amides is 2. The molecule has 10 heteroatoms. The first kappa shape index (κ1) is 21.5. The molecule has 2 amide bonds. The Kier molecular flexibility index (Phi) is 6.83. The molecule has 3 N–H and O–H groups in total. The molecule has 2 heterocycles. The van der Waals surface area contributed by atoms with E-state index in [0.29, 0.717) is 30.6 Å². The minimum Gasteiger partial charge on any atom is -0.480 e. The van der Waals surface area contributed by atoms with Crippen molar-refractivity contribution in [2.75, 3.05) is 18.4 Å². The second-order valence-electron chi connectivity index (χ2n) is 6.96. The zero-order valence-electron chi connectivity index (χ0n) is 16.3. The number of hydrogen-bond acceptors (Lipinski definition) is 6. The van der Waals surface area contributed by atoms with Crippen LogP contribution in [-0.4, -0.2) is 62.9 Å². The lowest BCUT2D eigenvalue weighted by Crippen LogP contribution is -2.54. The summed E-state index contributed by atoms with van der Waals surface area (Å²) in [5.74, 6) is -1.76. The summed E-state index contributed by atoms with van der Waals surface area (Å²) < 4.78 is 0. The van der Waals surface area contributed by atoms with Gasteiger partial charge in [-0.2, -0.15) is 0 Å². The third-order valence-corrected chi connectivity index (χ3v) is 4.94. The maximum Gasteiger partial charge on any atom is 0.326 e. The van der Waals surface area contributed by atoms with E-state index in [2.05, 4.69) is 20.6 Å². The van der Waals surface area contributed by atoms with Gasteiger partial charge in [0.25, 0.3) is 5.91 Å². The maximum absolute atomic E-state index is 13.1. The average Bonchev–Trinajstić information content (AvgIpc) is 3.20. The molecule has 0 spiro atoms. The van der Waals surface area contributed by atoms with Gasteiger partial charge in [-0.05, 0) is 38.0 Å². The van der Waals surface area contributed by atoms with Crippen molar-refractivity contribution in [3.63, 3.8) is 0 Å². The summed E-state index contributed by atoms with van der Waals surface area (Å²) in [6.45, 7) is 2.04. The number of nitrogens with zero attached hydrogens (tertiary/aromatic N) is 3. The molecule has 30 heavy (non-hydrogen) atoms. The van der Waals surface area contributed by atoms with Crippen LogP contribution in [0, 0.1) is 6.92 Å². The summed E-state index contributed by atoms with van der Waals surface area (Å²) in [7, 11) is 0. The SMILES string of the molecule is Cc1cc(Cl)nc(NCC(NC(=O)c2ccccc2)C(=O)N2CCC[C@H]2C(=O)O)n1. The van der Waals surface area contributed by atoms with Gasteiger partial charge in [0.05, 0.1) is 0 Å². The summed E-state index contributed by atoms with van der Waals surface area (Å²) in [5.41, 5.74) is 1.03. The summed E-state index contributed by atoms with van der Waals surface area (Å²) in [6.07, 6.45) is 0.969. The van der Waals surface area contributed by atoms with E-state index in [1.54, 1.807) is 43.3 Å². The van der Waals surface area contributed by atoms with Crippen molar-refractivity contribution in [1.29, 1.82) is 0 Å². The van der Waals surface area contributed by atoms with Crippen molar-refractivity contribution in [3.8, 4) is 0 Å². The van der Waals surface area contributed by atoms with Crippen LogP contribution < -0.4 is 10.6 Å². The second kappa shape index (κ2) is 9.53. The fourth-order valence-corrected chi connectivity index (χ4v) is 3.56. The first-order chi connectivity index (χ1) is 14.3. The van der Waals surface area contributed by atoms with Gasteiger partial charge >= 0.3 is 5.97 Å². The van der Waals surface area contributed by atoms with E-state index in [1.165, 1.54) is 4.90 Å². The predicted molar refractivity (Wildman–Crippen MR) is 110 cm³/mol. The Balaban J connectivity index is 1.79. The van der Waals surface area contributed by atoms with Crippen LogP contribution >= 0.6 is 11.6 Å². The number of benzene rings is 1. The molecule has 3 rings (SSSR count). The van der Waals surface area contributed by atoms with E-state index in [1.807, 2.05) is 0 Å². The van der Waals surface area contributed by atoms with E-state index < -0.39 is 29.9 Å². The van der Waals surface area contributed by atoms with Crippen molar-refractivity contribution < 1.29 is 19.5 Å². The van der Waals surface area contributed by atoms with Crippen molar-refractivity contribution >= 4 is 35.3 Å². The van der Waals surface area contributed by atoms with Gasteiger partial charge in [0.2, 0.25) is 11.9 Å². The number of carbonyl (C=O) groups is 3. The third-order valence-electron chi connectivity index (χ3n) is 4.75. The number of carboxylic acids is 1. The molecule has 1 aromatic heterocycles. The number of halogens is 1. The molecule has 1 aromatic carbocycles. The van der Waals surface area contributed by atoms with Gasteiger partial charge in [-0.15, -0.1) is 0 Å². The Labute approximate surface area is 178 Å². The number of aryl methyl sites for hydroxylation is 1. The first-order valence-electron chi connectivity index (χ1n) is 9.49. The average molecular weight is 432 g/mol. The number of aliphatic carboxylic acids is 1. The molecule has 2 aromatic rings. The molecule has 2 atom stereocenters. The fraction of sp³-hybridized carbons (Fsp3) is 0.350. The lowest BCUT2D eigenvalue weighted by molar-refractivity contribution is -0.148. The molecule has 1 aliphatic rings. The number of rotatable bonds is 7. The van der Waals surface area contributed by atoms with Gasteiger partial charge in [-0.1, -0.05) is 29.8 Å². The van der Waals surface area contributed by atoms with E-state index in [0.717, 1.165) is 0 Å². The number of carboxylic acid groups (broad SMARTS) is 1. The van der Waals surface area contributed by atoms with Crippen molar-refractivity contribution in [2.45, 2.75) is 31.8 Å². The highest BCUT2D eigenvalue weighted by molar-refractivity contribution is 6.29. The Hall–Kier alpha value is -3.20. The summed E-state index contributed by atoms with van der Waals surface area (Å²) >= 11 is 5.95. The molecular formula is C20H22ClN5O4. The number of anilines is 1. The topological polar surface area (TPSA) is 125 Å². The zero-order valence-corrected chi connectivity index (χ0v) is 17.1. The Morgan fingerprint density at radius 3 is 2.67 bits per heavy atom. The van der Waals surface area contributed by atoms with Gasteiger partial charge in [-0.25, -0.2) is 14.8 Å². The lowest BCUT2D eigenvalue weighted by atomic mass is 10.1. The molecule has 9 nitrogen and oxygen atoms in total. The minimum absolute atomic E-state index is 0.0277. The van der Waals surface area contributed by atoms with Crippen LogP contribution in [0.15, 0.2) is 36.4 Å². The summed E-state index contributed by atoms with van der Waals surface area (Å²) in [5, 5.41) is 15.3. The van der Waals surface area contributed by atoms with Crippen LogP contribution in [-0.2, 0) is 9.59 Å². The van der Waals surface area contributed by atoms with Crippen molar-refractivity contribution in [1.82, 2.24) is 20.2 Å². The van der Waals surface area contributed by atoms with E-state index in [-0.39, 0.29) is 17.6 Å². The largest absolute Gasteiger partial charge is 0.480 e. The highest BCUT2D eigenvalue weighted by Gasteiger charge is 2.37. The number of hydrogen-bond donors (Lipinski definition) is 3. The van der Waals surface area contributed by atoms with E-state index in [9.17, 15) is 19.5 Å². The van der Waals surface area contributed by atoms with Crippen LogP contribution in [0.3, 0.4) is 0 Å². The van der Waals surface area contributed by atoms with Gasteiger partial charge < -0.3 is 20.6 Å². The molecule has 0 radical (unpaired) electrons. The van der Waals surface area contributed by atoms with Crippen LogP contribution in [0.4, 0.5) is 5.95 Å². The third kappa shape index (κ3) is 5.24. The molecule has 1 unspecified atom stereocenters. The van der Waals surface area contributed by atoms with Crippen molar-refractivity contribution in [3.05, 3.63) is 52.8 Å². The minimum atomic E-state index is -1.06. The lowest BCUT2D eigenvalue weighted by Gasteiger charge is -2.27. The van der Waals surface area contributed by atoms with Crippen LogP contribution in [0.5, 0.6) is 0 Å². The van der Waals surface area contributed by atoms with Gasteiger partial charge in [0, 0.05) is 24.3 Å². The Morgan fingerprint density at radius 2 is 2.00 bits per heavy atom. The van der Waals surface area contributed by atoms with E-state index in [4.69, 9.17) is 11.6 Å². The second-order valence-corrected chi connectivity index (χ2v) is 7.34. The van der Waals surface area contributed by atoms with Crippen molar-refractivity contribution in [2.24, 2.45) is 0 Å². The number of carbonyl (C=O) groups excluding carboxylic acids is 2. The zero-order chi connectivity index (χ0) is 21.7. The van der Waals surface area contributed by atoms with Crippen LogP contribution in [0.1, 0.15) is 28.9 Å². The Bertz CT molecular complexity index is 920. The first-order valence-corrected chi connectivity index (χ1v) is 9.87. The van der Waals surface area contributed by atoms with Crippen LogP contribution in [0.25, 0.3) is 0 Å².